The molecule has 5 nitrogen and oxygen atoms in total. The predicted octanol–water partition coefficient (Wildman–Crippen LogP) is 2.98. The fourth-order valence-corrected chi connectivity index (χ4v) is 3.44. The minimum absolute atomic E-state index is 0.229. The molecule has 1 aliphatic heterocycles. The molecule has 2 unspecified atom stereocenters. The van der Waals surface area contributed by atoms with Gasteiger partial charge in [0.05, 0.1) is 4.92 Å². The summed E-state index contributed by atoms with van der Waals surface area (Å²) in [5.41, 5.74) is 3.42. The molecule has 2 atom stereocenters. The number of nitro groups is 1. The molecule has 0 radical (unpaired) electrons. The summed E-state index contributed by atoms with van der Waals surface area (Å²) in [6.07, 6.45) is 3.25. The second kappa shape index (κ2) is 5.40. The molecule has 0 aromatic heterocycles. The Balaban J connectivity index is 1.95. The summed E-state index contributed by atoms with van der Waals surface area (Å²) in [6.45, 7) is 4.86. The summed E-state index contributed by atoms with van der Waals surface area (Å²) in [6, 6.07) is 3.84. The SMILES string of the molecule is CCCCNc1cc2c(cc1[N+](=O)[O-])C1CNCC2C1. The maximum absolute atomic E-state index is 11.3. The first-order chi connectivity index (χ1) is 9.70. The molecule has 2 N–H and O–H groups in total. The van der Waals surface area contributed by atoms with Crippen LogP contribution in [0.1, 0.15) is 49.1 Å². The van der Waals surface area contributed by atoms with Crippen molar-refractivity contribution >= 4 is 11.4 Å². The van der Waals surface area contributed by atoms with Crippen molar-refractivity contribution in [3.8, 4) is 0 Å². The smallest absolute Gasteiger partial charge is 0.292 e. The second-order valence-corrected chi connectivity index (χ2v) is 5.82. The molecule has 2 aliphatic rings. The second-order valence-electron chi connectivity index (χ2n) is 5.82. The van der Waals surface area contributed by atoms with Gasteiger partial charge in [-0.05, 0) is 41.9 Å². The van der Waals surface area contributed by atoms with Crippen LogP contribution < -0.4 is 10.6 Å². The topological polar surface area (TPSA) is 67.2 Å². The van der Waals surface area contributed by atoms with Gasteiger partial charge < -0.3 is 10.6 Å². The van der Waals surface area contributed by atoms with Crippen molar-refractivity contribution in [2.45, 2.75) is 38.0 Å². The molecule has 5 heteroatoms. The van der Waals surface area contributed by atoms with Crippen molar-refractivity contribution in [2.75, 3.05) is 25.0 Å². The molecule has 1 saturated heterocycles. The van der Waals surface area contributed by atoms with Gasteiger partial charge in [-0.3, -0.25) is 10.1 Å². The summed E-state index contributed by atoms with van der Waals surface area (Å²) in [4.78, 5) is 11.0. The average molecular weight is 275 g/mol. The van der Waals surface area contributed by atoms with Crippen LogP contribution in [-0.2, 0) is 0 Å². The van der Waals surface area contributed by atoms with Crippen molar-refractivity contribution in [3.63, 3.8) is 0 Å². The maximum Gasteiger partial charge on any atom is 0.292 e. The van der Waals surface area contributed by atoms with E-state index in [1.54, 1.807) is 6.07 Å². The lowest BCUT2D eigenvalue weighted by atomic mass is 9.98. The lowest BCUT2D eigenvalue weighted by molar-refractivity contribution is -0.384. The van der Waals surface area contributed by atoms with Gasteiger partial charge in [0.25, 0.3) is 5.69 Å². The van der Waals surface area contributed by atoms with Crippen LogP contribution >= 0.6 is 0 Å². The number of anilines is 1. The molecule has 1 fully saturated rings. The van der Waals surface area contributed by atoms with Crippen LogP contribution in [0.5, 0.6) is 0 Å². The van der Waals surface area contributed by atoms with Crippen LogP contribution in [0.4, 0.5) is 11.4 Å². The van der Waals surface area contributed by atoms with Crippen molar-refractivity contribution in [3.05, 3.63) is 33.4 Å². The summed E-state index contributed by atoms with van der Waals surface area (Å²) in [7, 11) is 0. The first-order valence-electron chi connectivity index (χ1n) is 7.47. The highest BCUT2D eigenvalue weighted by Crippen LogP contribution is 2.46. The number of benzene rings is 1. The zero-order chi connectivity index (χ0) is 14.1. The molecule has 2 bridgehead atoms. The van der Waals surface area contributed by atoms with Gasteiger partial charge in [0, 0.05) is 25.7 Å². The van der Waals surface area contributed by atoms with Gasteiger partial charge in [-0.15, -0.1) is 0 Å². The number of nitro benzene ring substituents is 1. The van der Waals surface area contributed by atoms with Gasteiger partial charge in [-0.2, -0.15) is 0 Å². The van der Waals surface area contributed by atoms with Crippen molar-refractivity contribution in [1.29, 1.82) is 0 Å². The molecule has 20 heavy (non-hydrogen) atoms. The van der Waals surface area contributed by atoms with E-state index in [4.69, 9.17) is 0 Å². The van der Waals surface area contributed by atoms with E-state index in [1.807, 2.05) is 6.07 Å². The van der Waals surface area contributed by atoms with Gasteiger partial charge in [0.1, 0.15) is 5.69 Å². The molecule has 108 valence electrons. The van der Waals surface area contributed by atoms with Crippen LogP contribution in [0.2, 0.25) is 0 Å². The van der Waals surface area contributed by atoms with Gasteiger partial charge in [0.2, 0.25) is 0 Å². The van der Waals surface area contributed by atoms with Crippen molar-refractivity contribution in [2.24, 2.45) is 0 Å². The zero-order valence-electron chi connectivity index (χ0n) is 11.8. The third-order valence-corrected chi connectivity index (χ3v) is 4.47. The lowest BCUT2D eigenvalue weighted by Crippen LogP contribution is -2.28. The van der Waals surface area contributed by atoms with E-state index in [2.05, 4.69) is 17.6 Å². The summed E-state index contributed by atoms with van der Waals surface area (Å²) in [5, 5.41) is 18.0. The lowest BCUT2D eigenvalue weighted by Gasteiger charge is -2.19. The monoisotopic (exact) mass is 275 g/mol. The number of rotatable bonds is 5. The molecule has 1 aromatic carbocycles. The molecule has 0 saturated carbocycles. The van der Waals surface area contributed by atoms with Gasteiger partial charge in [0.15, 0.2) is 0 Å². The van der Waals surface area contributed by atoms with E-state index >= 15 is 0 Å². The Labute approximate surface area is 118 Å². The molecule has 1 aliphatic carbocycles. The maximum atomic E-state index is 11.3. The third-order valence-electron chi connectivity index (χ3n) is 4.47. The van der Waals surface area contributed by atoms with E-state index in [0.29, 0.717) is 17.5 Å². The Morgan fingerprint density at radius 1 is 1.35 bits per heavy atom. The molecule has 1 aromatic rings. The quantitative estimate of drug-likeness (QED) is 0.492. The Morgan fingerprint density at radius 3 is 2.70 bits per heavy atom. The van der Waals surface area contributed by atoms with Gasteiger partial charge in [-0.25, -0.2) is 0 Å². The molecule has 0 amide bonds. The molecular weight excluding hydrogens is 254 g/mol. The summed E-state index contributed by atoms with van der Waals surface area (Å²) in [5.74, 6) is 0.975. The summed E-state index contributed by atoms with van der Waals surface area (Å²) < 4.78 is 0. The fraction of sp³-hybridized carbons (Fsp3) is 0.600. The molecular formula is C15H21N3O2. The molecule has 3 rings (SSSR count). The van der Waals surface area contributed by atoms with E-state index in [9.17, 15) is 10.1 Å². The van der Waals surface area contributed by atoms with Crippen LogP contribution in [0.15, 0.2) is 12.1 Å². The highest BCUT2D eigenvalue weighted by Gasteiger charge is 2.36. The average Bonchev–Trinajstić information content (AvgIpc) is 2.69. The number of nitrogens with one attached hydrogen (secondary N) is 2. The number of piperidine rings is 1. The van der Waals surface area contributed by atoms with Crippen LogP contribution in [0, 0.1) is 10.1 Å². The first kappa shape index (κ1) is 13.4. The Morgan fingerprint density at radius 2 is 2.05 bits per heavy atom. The summed E-state index contributed by atoms with van der Waals surface area (Å²) >= 11 is 0. The van der Waals surface area contributed by atoms with Gasteiger partial charge >= 0.3 is 0 Å². The number of nitrogens with zero attached hydrogens (tertiary/aromatic N) is 1. The Hall–Kier alpha value is -1.62. The normalized spacial score (nSPS) is 23.4. The minimum atomic E-state index is -0.260. The van der Waals surface area contributed by atoms with Gasteiger partial charge in [-0.1, -0.05) is 13.3 Å². The first-order valence-corrected chi connectivity index (χ1v) is 7.47. The zero-order valence-corrected chi connectivity index (χ0v) is 11.8. The van der Waals surface area contributed by atoms with Crippen LogP contribution in [0.3, 0.4) is 0 Å². The molecule has 1 heterocycles. The number of hydrogen-bond donors (Lipinski definition) is 2. The fourth-order valence-electron chi connectivity index (χ4n) is 3.44. The van der Waals surface area contributed by atoms with Crippen LogP contribution in [0.25, 0.3) is 0 Å². The largest absolute Gasteiger partial charge is 0.379 e. The van der Waals surface area contributed by atoms with Crippen LogP contribution in [-0.4, -0.2) is 24.6 Å². The molecule has 0 spiro atoms. The van der Waals surface area contributed by atoms with E-state index in [-0.39, 0.29) is 10.6 Å². The number of hydrogen-bond acceptors (Lipinski definition) is 4. The van der Waals surface area contributed by atoms with E-state index in [1.165, 1.54) is 11.1 Å². The Bertz CT molecular complexity index is 530. The number of fused-ring (bicyclic) bond motifs is 5. The van der Waals surface area contributed by atoms with Crippen molar-refractivity contribution < 1.29 is 4.92 Å². The predicted molar refractivity (Wildman–Crippen MR) is 79.5 cm³/mol. The minimum Gasteiger partial charge on any atom is -0.379 e. The number of unbranched alkanes of at least 4 members (excludes halogenated alkanes) is 1. The Kier molecular flexibility index (Phi) is 3.61. The standard InChI is InChI=1S/C15H21N3O2/c1-2-3-4-17-14-6-12-10-5-11(9-16-8-10)13(12)7-15(14)18(19)20/h6-7,10-11,16-17H,2-5,8-9H2,1H3. The van der Waals surface area contributed by atoms with E-state index in [0.717, 1.165) is 38.9 Å². The van der Waals surface area contributed by atoms with Crippen molar-refractivity contribution in [1.82, 2.24) is 5.32 Å². The van der Waals surface area contributed by atoms with E-state index < -0.39 is 0 Å². The third kappa shape index (κ3) is 2.26. The highest BCUT2D eigenvalue weighted by molar-refractivity contribution is 5.67. The highest BCUT2D eigenvalue weighted by atomic mass is 16.6.